The van der Waals surface area contributed by atoms with Crippen molar-refractivity contribution in [3.63, 3.8) is 0 Å². The summed E-state index contributed by atoms with van der Waals surface area (Å²) in [6.45, 7) is 0. The van der Waals surface area contributed by atoms with Crippen molar-refractivity contribution in [2.24, 2.45) is 0 Å². The first-order chi connectivity index (χ1) is 16.3. The summed E-state index contributed by atoms with van der Waals surface area (Å²) in [5.74, 6) is 0. The quantitative estimate of drug-likeness (QED) is 0.264. The van der Waals surface area contributed by atoms with Crippen LogP contribution in [0.15, 0.2) is 121 Å². The van der Waals surface area contributed by atoms with Crippen LogP contribution in [0.5, 0.6) is 0 Å². The Hall–Kier alpha value is -4.61. The first-order valence-corrected chi connectivity index (χ1v) is 11.0. The standard InChI is InChI=1S/C31H20N2/c32-21-22-17-19-23(20-18-22)33-30-15-7-5-13-28(30)26-11-3-1-9-24(26)25-10-2-4-12-27(25)29-14-6-8-16-31(29)33/h1-20H. The first-order valence-electron chi connectivity index (χ1n) is 11.0. The van der Waals surface area contributed by atoms with Crippen molar-refractivity contribution < 1.29 is 0 Å². The second-order valence-electron chi connectivity index (χ2n) is 8.12. The zero-order valence-electron chi connectivity index (χ0n) is 17.9. The van der Waals surface area contributed by atoms with Gasteiger partial charge in [-0.25, -0.2) is 0 Å². The van der Waals surface area contributed by atoms with E-state index in [4.69, 9.17) is 0 Å². The predicted octanol–water partition coefficient (Wildman–Crippen LogP) is 8.09. The minimum absolute atomic E-state index is 0.653. The lowest BCUT2D eigenvalue weighted by atomic mass is 10.0. The number of para-hydroxylation sites is 2. The zero-order chi connectivity index (χ0) is 22.2. The number of rotatable bonds is 1. The van der Waals surface area contributed by atoms with E-state index in [1.165, 1.54) is 32.3 Å². The van der Waals surface area contributed by atoms with Crippen LogP contribution in [0.2, 0.25) is 0 Å². The maximum Gasteiger partial charge on any atom is 0.0991 e. The predicted molar refractivity (Wildman–Crippen MR) is 138 cm³/mol. The second-order valence-corrected chi connectivity index (χ2v) is 8.12. The molecule has 0 bridgehead atoms. The highest BCUT2D eigenvalue weighted by molar-refractivity contribution is 6.19. The molecule has 154 valence electrons. The summed E-state index contributed by atoms with van der Waals surface area (Å²) in [6.07, 6.45) is 0. The van der Waals surface area contributed by atoms with Gasteiger partial charge in [0.15, 0.2) is 0 Å². The number of fused-ring (bicyclic) bond motifs is 7. The SMILES string of the molecule is N#Cc1ccc(-n2c3ccccc3c3ccccc3c3ccccc3c3ccccc32)cc1. The van der Waals surface area contributed by atoms with Crippen LogP contribution in [-0.2, 0) is 0 Å². The van der Waals surface area contributed by atoms with Crippen LogP contribution in [0, 0.1) is 11.3 Å². The highest BCUT2D eigenvalue weighted by Gasteiger charge is 2.10. The molecule has 0 fully saturated rings. The first kappa shape index (κ1) is 19.1. The largest absolute Gasteiger partial charge is 0.309 e. The van der Waals surface area contributed by atoms with Gasteiger partial charge in [0.05, 0.1) is 22.7 Å². The van der Waals surface area contributed by atoms with Gasteiger partial charge in [0.1, 0.15) is 0 Å². The van der Waals surface area contributed by atoms with Crippen molar-refractivity contribution in [3.05, 3.63) is 127 Å². The Labute approximate surface area is 191 Å². The van der Waals surface area contributed by atoms with Gasteiger partial charge in [0, 0.05) is 16.5 Å². The number of hydrogen-bond donors (Lipinski definition) is 0. The third kappa shape index (κ3) is 3.11. The fraction of sp³-hybridized carbons (Fsp3) is 0. The Balaban J connectivity index is 2.01. The van der Waals surface area contributed by atoms with Crippen molar-refractivity contribution in [3.8, 4) is 11.8 Å². The topological polar surface area (TPSA) is 28.7 Å². The average Bonchev–Trinajstić information content (AvgIpc) is 2.93. The number of hydrogen-bond acceptors (Lipinski definition) is 1. The second kappa shape index (κ2) is 7.82. The maximum absolute atomic E-state index is 9.33. The number of benzene rings is 5. The molecule has 0 aliphatic rings. The van der Waals surface area contributed by atoms with Crippen LogP contribution in [0.25, 0.3) is 49.0 Å². The van der Waals surface area contributed by atoms with Gasteiger partial charge >= 0.3 is 0 Å². The van der Waals surface area contributed by atoms with E-state index >= 15 is 0 Å². The molecule has 2 heteroatoms. The summed E-state index contributed by atoms with van der Waals surface area (Å²) in [6, 6.07) is 44.5. The van der Waals surface area contributed by atoms with Gasteiger partial charge in [-0.05, 0) is 57.9 Å². The van der Waals surface area contributed by atoms with Crippen molar-refractivity contribution >= 4 is 43.4 Å². The van der Waals surface area contributed by atoms with E-state index in [9.17, 15) is 5.26 Å². The zero-order valence-corrected chi connectivity index (χ0v) is 17.9. The Morgan fingerprint density at radius 2 is 0.788 bits per heavy atom. The van der Waals surface area contributed by atoms with E-state index in [1.807, 2.05) is 24.3 Å². The third-order valence-corrected chi connectivity index (χ3v) is 6.27. The molecule has 0 saturated heterocycles. The molecule has 0 saturated carbocycles. The van der Waals surface area contributed by atoms with Gasteiger partial charge in [-0.2, -0.15) is 5.26 Å². The lowest BCUT2D eigenvalue weighted by Crippen LogP contribution is -1.97. The normalized spacial score (nSPS) is 11.0. The highest BCUT2D eigenvalue weighted by Crippen LogP contribution is 2.33. The highest BCUT2D eigenvalue weighted by atomic mass is 15.0. The molecule has 0 spiro atoms. The Bertz CT molecular complexity index is 1660. The molecule has 0 radical (unpaired) electrons. The van der Waals surface area contributed by atoms with E-state index < -0.39 is 0 Å². The number of nitrogens with zero attached hydrogens (tertiary/aromatic N) is 2. The van der Waals surface area contributed by atoms with Gasteiger partial charge in [0.2, 0.25) is 0 Å². The Morgan fingerprint density at radius 3 is 1.21 bits per heavy atom. The number of aromatic nitrogens is 1. The minimum atomic E-state index is 0.653. The van der Waals surface area contributed by atoms with E-state index in [0.717, 1.165) is 16.7 Å². The minimum Gasteiger partial charge on any atom is -0.309 e. The summed E-state index contributed by atoms with van der Waals surface area (Å²) in [7, 11) is 0. The summed E-state index contributed by atoms with van der Waals surface area (Å²) in [4.78, 5) is 0. The molecule has 1 heterocycles. The van der Waals surface area contributed by atoms with Gasteiger partial charge in [-0.15, -0.1) is 0 Å². The van der Waals surface area contributed by atoms with E-state index in [2.05, 4.69) is 108 Å². The van der Waals surface area contributed by atoms with E-state index in [-0.39, 0.29) is 0 Å². The molecule has 0 atom stereocenters. The third-order valence-electron chi connectivity index (χ3n) is 6.27. The van der Waals surface area contributed by atoms with Crippen LogP contribution in [0.4, 0.5) is 0 Å². The van der Waals surface area contributed by atoms with Gasteiger partial charge in [0.25, 0.3) is 0 Å². The van der Waals surface area contributed by atoms with E-state index in [0.29, 0.717) is 5.56 Å². The van der Waals surface area contributed by atoms with Crippen LogP contribution >= 0.6 is 0 Å². The Morgan fingerprint density at radius 1 is 0.424 bits per heavy atom. The summed E-state index contributed by atoms with van der Waals surface area (Å²) in [5, 5.41) is 16.5. The van der Waals surface area contributed by atoms with Gasteiger partial charge < -0.3 is 4.57 Å². The molecule has 6 aromatic rings. The Kier molecular flexibility index (Phi) is 4.53. The molecular weight excluding hydrogens is 400 g/mol. The summed E-state index contributed by atoms with van der Waals surface area (Å²) in [5.41, 5.74) is 3.89. The van der Waals surface area contributed by atoms with Crippen molar-refractivity contribution in [1.82, 2.24) is 4.57 Å². The molecule has 1 aromatic heterocycles. The smallest absolute Gasteiger partial charge is 0.0991 e. The molecule has 6 rings (SSSR count). The van der Waals surface area contributed by atoms with Crippen molar-refractivity contribution in [2.45, 2.75) is 0 Å². The lowest BCUT2D eigenvalue weighted by Gasteiger charge is -2.13. The lowest BCUT2D eigenvalue weighted by molar-refractivity contribution is 1.17. The molecule has 2 nitrogen and oxygen atoms in total. The van der Waals surface area contributed by atoms with Crippen LogP contribution in [0.3, 0.4) is 0 Å². The summed E-state index contributed by atoms with van der Waals surface area (Å²) >= 11 is 0. The number of nitriles is 1. The van der Waals surface area contributed by atoms with E-state index in [1.54, 1.807) is 0 Å². The van der Waals surface area contributed by atoms with Crippen LogP contribution in [-0.4, -0.2) is 4.57 Å². The monoisotopic (exact) mass is 420 g/mol. The van der Waals surface area contributed by atoms with Crippen molar-refractivity contribution in [2.75, 3.05) is 0 Å². The molecule has 0 aliphatic heterocycles. The molecule has 0 unspecified atom stereocenters. The molecule has 5 aromatic carbocycles. The summed E-state index contributed by atoms with van der Waals surface area (Å²) < 4.78 is 2.31. The van der Waals surface area contributed by atoms with Gasteiger partial charge in [-0.1, -0.05) is 84.9 Å². The molecule has 0 N–H and O–H groups in total. The fourth-order valence-electron chi connectivity index (χ4n) is 4.79. The van der Waals surface area contributed by atoms with Crippen molar-refractivity contribution in [1.29, 1.82) is 5.26 Å². The van der Waals surface area contributed by atoms with Crippen LogP contribution < -0.4 is 0 Å². The fourth-order valence-corrected chi connectivity index (χ4v) is 4.79. The molecule has 0 amide bonds. The molecular formula is C31H20N2. The van der Waals surface area contributed by atoms with Gasteiger partial charge in [-0.3, -0.25) is 0 Å². The average molecular weight is 421 g/mol. The van der Waals surface area contributed by atoms with Crippen LogP contribution in [0.1, 0.15) is 5.56 Å². The maximum atomic E-state index is 9.33. The molecule has 0 aliphatic carbocycles. The molecule has 33 heavy (non-hydrogen) atoms.